The number of aliphatic hydroxyl groups is 1. The van der Waals surface area contributed by atoms with Crippen LogP contribution >= 0.6 is 0 Å². The Labute approximate surface area is 105 Å². The first-order valence-electron chi connectivity index (χ1n) is 6.08. The molecule has 1 aliphatic carbocycles. The Morgan fingerprint density at radius 3 is 2.72 bits per heavy atom. The van der Waals surface area contributed by atoms with Gasteiger partial charge < -0.3 is 15.2 Å². The summed E-state index contributed by atoms with van der Waals surface area (Å²) in [7, 11) is 0. The Hall–Kier alpha value is -1.20. The van der Waals surface area contributed by atoms with Crippen LogP contribution in [0.25, 0.3) is 0 Å². The van der Waals surface area contributed by atoms with Crippen LogP contribution in [-0.4, -0.2) is 24.4 Å². The fraction of sp³-hybridized carbons (Fsp3) is 0.538. The van der Waals surface area contributed by atoms with Crippen LogP contribution in [0.3, 0.4) is 0 Å². The highest BCUT2D eigenvalue weighted by Gasteiger charge is 2.29. The van der Waals surface area contributed by atoms with E-state index in [1.807, 2.05) is 0 Å². The van der Waals surface area contributed by atoms with Gasteiger partial charge in [0.25, 0.3) is 0 Å². The molecule has 1 aliphatic rings. The second-order valence-electron chi connectivity index (χ2n) is 4.52. The molecule has 1 saturated carbocycles. The zero-order chi connectivity index (χ0) is 13.0. The molecule has 0 aromatic heterocycles. The first-order valence-corrected chi connectivity index (χ1v) is 6.08. The Morgan fingerprint density at radius 1 is 1.33 bits per heavy atom. The summed E-state index contributed by atoms with van der Waals surface area (Å²) in [5.41, 5.74) is 0.667. The van der Waals surface area contributed by atoms with Gasteiger partial charge in [0.05, 0.1) is 6.10 Å². The summed E-state index contributed by atoms with van der Waals surface area (Å²) in [6.07, 6.45) is 1.81. The van der Waals surface area contributed by atoms with Crippen molar-refractivity contribution in [1.82, 2.24) is 5.32 Å². The third-order valence-corrected chi connectivity index (χ3v) is 3.02. The third-order valence-electron chi connectivity index (χ3n) is 3.02. The summed E-state index contributed by atoms with van der Waals surface area (Å²) in [5, 5.41) is 12.7. The van der Waals surface area contributed by atoms with Crippen LogP contribution in [0.1, 0.15) is 18.4 Å². The van der Waals surface area contributed by atoms with Gasteiger partial charge >= 0.3 is 6.61 Å². The molecular weight excluding hydrogens is 240 g/mol. The molecule has 5 heteroatoms. The van der Waals surface area contributed by atoms with Crippen molar-refractivity contribution in [3.8, 4) is 5.75 Å². The van der Waals surface area contributed by atoms with E-state index in [2.05, 4.69) is 10.1 Å². The number of benzene rings is 1. The van der Waals surface area contributed by atoms with Crippen LogP contribution in [0.15, 0.2) is 24.3 Å². The number of hydrogen-bond donors (Lipinski definition) is 2. The second kappa shape index (κ2) is 6.11. The van der Waals surface area contributed by atoms with E-state index in [0.29, 0.717) is 24.6 Å². The van der Waals surface area contributed by atoms with Crippen molar-refractivity contribution in [1.29, 1.82) is 0 Å². The Bertz CT molecular complexity index is 383. The van der Waals surface area contributed by atoms with Crippen LogP contribution in [0.5, 0.6) is 5.75 Å². The van der Waals surface area contributed by atoms with Gasteiger partial charge in [-0.15, -0.1) is 0 Å². The minimum atomic E-state index is -2.82. The molecule has 18 heavy (non-hydrogen) atoms. The van der Waals surface area contributed by atoms with Crippen molar-refractivity contribution in [2.24, 2.45) is 5.92 Å². The Kier molecular flexibility index (Phi) is 4.49. The standard InChI is InChI=1S/C13H17F2NO2/c14-13(15)18-12-4-2-1-3-10(12)7-16-8-11(17)9-5-6-9/h1-4,9,11,13,16-17H,5-8H2. The van der Waals surface area contributed by atoms with E-state index in [0.717, 1.165) is 12.8 Å². The number of ether oxygens (including phenoxy) is 1. The fourth-order valence-electron chi connectivity index (χ4n) is 1.86. The second-order valence-corrected chi connectivity index (χ2v) is 4.52. The minimum Gasteiger partial charge on any atom is -0.434 e. The summed E-state index contributed by atoms with van der Waals surface area (Å²) in [6.45, 7) is -1.93. The van der Waals surface area contributed by atoms with Crippen molar-refractivity contribution in [3.05, 3.63) is 29.8 Å². The minimum absolute atomic E-state index is 0.181. The third kappa shape index (κ3) is 3.92. The van der Waals surface area contributed by atoms with E-state index in [4.69, 9.17) is 0 Å². The first-order chi connectivity index (χ1) is 8.66. The van der Waals surface area contributed by atoms with Crippen molar-refractivity contribution >= 4 is 0 Å². The lowest BCUT2D eigenvalue weighted by atomic mass is 10.2. The number of aliphatic hydroxyl groups excluding tert-OH is 1. The van der Waals surface area contributed by atoms with Gasteiger partial charge in [0.1, 0.15) is 5.75 Å². The van der Waals surface area contributed by atoms with Gasteiger partial charge in [0.15, 0.2) is 0 Å². The van der Waals surface area contributed by atoms with E-state index in [9.17, 15) is 13.9 Å². The average Bonchev–Trinajstić information content (AvgIpc) is 3.14. The zero-order valence-electron chi connectivity index (χ0n) is 9.98. The molecule has 2 N–H and O–H groups in total. The van der Waals surface area contributed by atoms with Crippen LogP contribution in [-0.2, 0) is 6.54 Å². The monoisotopic (exact) mass is 257 g/mol. The number of hydrogen-bond acceptors (Lipinski definition) is 3. The maximum Gasteiger partial charge on any atom is 0.387 e. The predicted octanol–water partition coefficient (Wildman–Crippen LogP) is 2.15. The molecule has 1 fully saturated rings. The van der Waals surface area contributed by atoms with Crippen molar-refractivity contribution < 1.29 is 18.6 Å². The Balaban J connectivity index is 1.83. The molecule has 0 saturated heterocycles. The lowest BCUT2D eigenvalue weighted by Crippen LogP contribution is -2.28. The highest BCUT2D eigenvalue weighted by atomic mass is 19.3. The molecule has 1 aromatic carbocycles. The molecular formula is C13H17F2NO2. The molecule has 0 spiro atoms. The van der Waals surface area contributed by atoms with Gasteiger partial charge in [0.2, 0.25) is 0 Å². The summed E-state index contributed by atoms with van der Waals surface area (Å²) in [5.74, 6) is 0.589. The molecule has 3 nitrogen and oxygen atoms in total. The van der Waals surface area contributed by atoms with Gasteiger partial charge in [-0.05, 0) is 24.8 Å². The van der Waals surface area contributed by atoms with Crippen LogP contribution in [0, 0.1) is 5.92 Å². The smallest absolute Gasteiger partial charge is 0.387 e. The summed E-state index contributed by atoms with van der Waals surface area (Å²) in [6, 6.07) is 6.67. The average molecular weight is 257 g/mol. The van der Waals surface area contributed by atoms with E-state index in [1.54, 1.807) is 18.2 Å². The number of halogens is 2. The number of para-hydroxylation sites is 1. The molecule has 0 aliphatic heterocycles. The summed E-state index contributed by atoms with van der Waals surface area (Å²) in [4.78, 5) is 0. The van der Waals surface area contributed by atoms with E-state index in [-0.39, 0.29) is 11.9 Å². The van der Waals surface area contributed by atoms with Crippen molar-refractivity contribution in [2.45, 2.75) is 32.1 Å². The first kappa shape index (κ1) is 13.2. The van der Waals surface area contributed by atoms with Gasteiger partial charge in [-0.2, -0.15) is 8.78 Å². The lowest BCUT2D eigenvalue weighted by molar-refractivity contribution is -0.0505. The highest BCUT2D eigenvalue weighted by Crippen LogP contribution is 2.32. The molecule has 0 radical (unpaired) electrons. The maximum atomic E-state index is 12.2. The largest absolute Gasteiger partial charge is 0.434 e. The topological polar surface area (TPSA) is 41.5 Å². The van der Waals surface area contributed by atoms with Crippen molar-refractivity contribution in [3.63, 3.8) is 0 Å². The van der Waals surface area contributed by atoms with E-state index in [1.165, 1.54) is 6.07 Å². The van der Waals surface area contributed by atoms with E-state index < -0.39 is 6.61 Å². The number of rotatable bonds is 7. The summed E-state index contributed by atoms with van der Waals surface area (Å²) < 4.78 is 28.8. The molecule has 0 heterocycles. The number of alkyl halides is 2. The van der Waals surface area contributed by atoms with Gasteiger partial charge in [-0.25, -0.2) is 0 Å². The summed E-state index contributed by atoms with van der Waals surface area (Å²) >= 11 is 0. The number of nitrogens with one attached hydrogen (secondary N) is 1. The molecule has 0 amide bonds. The normalized spacial score (nSPS) is 16.9. The van der Waals surface area contributed by atoms with Gasteiger partial charge in [-0.3, -0.25) is 0 Å². The van der Waals surface area contributed by atoms with E-state index >= 15 is 0 Å². The fourth-order valence-corrected chi connectivity index (χ4v) is 1.86. The molecule has 1 atom stereocenters. The molecule has 100 valence electrons. The molecule has 0 bridgehead atoms. The quantitative estimate of drug-likeness (QED) is 0.786. The highest BCUT2D eigenvalue weighted by molar-refractivity contribution is 5.33. The SMILES string of the molecule is OC(CNCc1ccccc1OC(F)F)C1CC1. The van der Waals surface area contributed by atoms with Crippen LogP contribution < -0.4 is 10.1 Å². The van der Waals surface area contributed by atoms with Crippen LogP contribution in [0.4, 0.5) is 8.78 Å². The molecule has 1 unspecified atom stereocenters. The predicted molar refractivity (Wildman–Crippen MR) is 63.5 cm³/mol. The molecule has 2 rings (SSSR count). The van der Waals surface area contributed by atoms with Crippen molar-refractivity contribution in [2.75, 3.05) is 6.54 Å². The maximum absolute atomic E-state index is 12.2. The lowest BCUT2D eigenvalue weighted by Gasteiger charge is -2.13. The zero-order valence-corrected chi connectivity index (χ0v) is 9.98. The Morgan fingerprint density at radius 2 is 2.06 bits per heavy atom. The van der Waals surface area contributed by atoms with Gasteiger partial charge in [-0.1, -0.05) is 18.2 Å². The molecule has 1 aromatic rings. The van der Waals surface area contributed by atoms with Gasteiger partial charge in [0, 0.05) is 18.7 Å². The van der Waals surface area contributed by atoms with Crippen LogP contribution in [0.2, 0.25) is 0 Å².